The minimum Gasteiger partial charge on any atom is -0.349 e. The van der Waals surface area contributed by atoms with Crippen LogP contribution in [0, 0.1) is 12.7 Å². The summed E-state index contributed by atoms with van der Waals surface area (Å²) in [6, 6.07) is 13.6. The lowest BCUT2D eigenvalue weighted by molar-refractivity contribution is 0.302. The van der Waals surface area contributed by atoms with Gasteiger partial charge in [-0.2, -0.15) is 5.10 Å². The summed E-state index contributed by atoms with van der Waals surface area (Å²) in [4.78, 5) is 4.62. The van der Waals surface area contributed by atoms with E-state index >= 15 is 0 Å². The molecule has 2 unspecified atom stereocenters. The van der Waals surface area contributed by atoms with E-state index in [0.717, 1.165) is 28.0 Å². The van der Waals surface area contributed by atoms with Gasteiger partial charge in [0.2, 0.25) is 0 Å². The average molecular weight is 404 g/mol. The van der Waals surface area contributed by atoms with E-state index in [2.05, 4.69) is 51.9 Å². The van der Waals surface area contributed by atoms with Gasteiger partial charge in [-0.05, 0) is 73.4 Å². The van der Waals surface area contributed by atoms with Crippen molar-refractivity contribution >= 4 is 11.9 Å². The first-order chi connectivity index (χ1) is 14.3. The van der Waals surface area contributed by atoms with E-state index in [9.17, 15) is 4.39 Å². The van der Waals surface area contributed by atoms with Crippen LogP contribution in [0.5, 0.6) is 0 Å². The summed E-state index contributed by atoms with van der Waals surface area (Å²) >= 11 is 0. The number of aromatic nitrogens is 2. The Balaban J connectivity index is 1.52. The minimum absolute atomic E-state index is 0.0468. The van der Waals surface area contributed by atoms with Gasteiger partial charge in [0.25, 0.3) is 0 Å². The SMILES string of the molecule is Cc1cc(C2=CC=NC(C)(NC(C)c3cccc(-c4cnn(C)c4)c3)N2)ccc1F. The zero-order chi connectivity index (χ0) is 21.3. The Labute approximate surface area is 176 Å². The normalized spacial score (nSPS) is 19.3. The summed E-state index contributed by atoms with van der Waals surface area (Å²) < 4.78 is 15.5. The molecule has 0 saturated carbocycles. The zero-order valence-electron chi connectivity index (χ0n) is 17.6. The maximum absolute atomic E-state index is 13.7. The second-order valence-corrected chi connectivity index (χ2v) is 7.91. The molecule has 2 N–H and O–H groups in total. The predicted octanol–water partition coefficient (Wildman–Crippen LogP) is 4.57. The molecule has 5 nitrogen and oxygen atoms in total. The maximum Gasteiger partial charge on any atom is 0.182 e. The number of allylic oxidation sites excluding steroid dienone is 1. The Hall–Kier alpha value is -3.25. The molecular formula is C24H26FN5. The highest BCUT2D eigenvalue weighted by molar-refractivity contribution is 5.86. The molecule has 0 amide bonds. The highest BCUT2D eigenvalue weighted by Crippen LogP contribution is 2.26. The Morgan fingerprint density at radius 3 is 2.70 bits per heavy atom. The predicted molar refractivity (Wildman–Crippen MR) is 119 cm³/mol. The standard InChI is InChI=1S/C24H26FN5/c1-16-12-20(8-9-22(16)25)23-10-11-26-24(3,29-23)28-17(2)18-6-5-7-19(13-18)21-14-27-30(4)15-21/h5-15,17,28-29H,1-4H3. The molecule has 2 atom stereocenters. The van der Waals surface area contributed by atoms with Gasteiger partial charge in [-0.15, -0.1) is 0 Å². The quantitative estimate of drug-likeness (QED) is 0.656. The van der Waals surface area contributed by atoms with Crippen molar-refractivity contribution in [3.63, 3.8) is 0 Å². The summed E-state index contributed by atoms with van der Waals surface area (Å²) in [5.74, 6) is -0.886. The van der Waals surface area contributed by atoms with Crippen LogP contribution < -0.4 is 10.6 Å². The fourth-order valence-electron chi connectivity index (χ4n) is 3.71. The fraction of sp³-hybridized carbons (Fsp3) is 0.250. The van der Waals surface area contributed by atoms with Crippen molar-refractivity contribution in [3.05, 3.63) is 83.4 Å². The molecule has 4 rings (SSSR count). The number of aliphatic imine (C=N–C) groups is 1. The van der Waals surface area contributed by atoms with Gasteiger partial charge < -0.3 is 5.32 Å². The summed E-state index contributed by atoms with van der Waals surface area (Å²) in [6.07, 6.45) is 7.57. The van der Waals surface area contributed by atoms with Gasteiger partial charge in [0, 0.05) is 36.8 Å². The molecule has 154 valence electrons. The van der Waals surface area contributed by atoms with E-state index in [1.165, 1.54) is 6.07 Å². The molecule has 1 aliphatic heterocycles. The van der Waals surface area contributed by atoms with Gasteiger partial charge in [0.05, 0.1) is 6.20 Å². The van der Waals surface area contributed by atoms with E-state index in [4.69, 9.17) is 0 Å². The van der Waals surface area contributed by atoms with Gasteiger partial charge in [0.15, 0.2) is 5.79 Å². The smallest absolute Gasteiger partial charge is 0.182 e. The first kappa shape index (κ1) is 20.0. The van der Waals surface area contributed by atoms with Crippen molar-refractivity contribution in [2.24, 2.45) is 12.0 Å². The van der Waals surface area contributed by atoms with Gasteiger partial charge in [0.1, 0.15) is 5.82 Å². The minimum atomic E-state index is -0.684. The summed E-state index contributed by atoms with van der Waals surface area (Å²) in [6.45, 7) is 5.88. The van der Waals surface area contributed by atoms with Crippen molar-refractivity contribution in [2.45, 2.75) is 32.6 Å². The van der Waals surface area contributed by atoms with Crippen molar-refractivity contribution in [2.75, 3.05) is 0 Å². The van der Waals surface area contributed by atoms with Crippen LogP contribution in [0.1, 0.15) is 36.6 Å². The average Bonchev–Trinajstić information content (AvgIpc) is 3.16. The number of halogens is 1. The number of hydrogen-bond acceptors (Lipinski definition) is 4. The molecule has 1 aromatic heterocycles. The molecule has 2 aromatic carbocycles. The largest absolute Gasteiger partial charge is 0.349 e. The van der Waals surface area contributed by atoms with Gasteiger partial charge in [-0.3, -0.25) is 15.0 Å². The second-order valence-electron chi connectivity index (χ2n) is 7.91. The van der Waals surface area contributed by atoms with Gasteiger partial charge in [-0.25, -0.2) is 4.39 Å². The van der Waals surface area contributed by atoms with E-state index < -0.39 is 5.79 Å². The first-order valence-corrected chi connectivity index (χ1v) is 10.00. The molecule has 3 aromatic rings. The van der Waals surface area contributed by atoms with Crippen LogP contribution in [-0.2, 0) is 7.05 Å². The van der Waals surface area contributed by atoms with Crippen molar-refractivity contribution in [1.82, 2.24) is 20.4 Å². The number of nitrogens with zero attached hydrogens (tertiary/aromatic N) is 3. The molecule has 2 heterocycles. The molecule has 0 bridgehead atoms. The lowest BCUT2D eigenvalue weighted by Crippen LogP contribution is -2.54. The van der Waals surface area contributed by atoms with Crippen LogP contribution >= 0.6 is 0 Å². The fourth-order valence-corrected chi connectivity index (χ4v) is 3.71. The molecule has 0 spiro atoms. The van der Waals surface area contributed by atoms with Crippen molar-refractivity contribution < 1.29 is 4.39 Å². The van der Waals surface area contributed by atoms with Crippen molar-refractivity contribution in [1.29, 1.82) is 0 Å². The highest BCUT2D eigenvalue weighted by atomic mass is 19.1. The van der Waals surface area contributed by atoms with Crippen LogP contribution in [0.15, 0.2) is 65.9 Å². The Bertz CT molecular complexity index is 1130. The van der Waals surface area contributed by atoms with E-state index in [-0.39, 0.29) is 11.9 Å². The third-order valence-corrected chi connectivity index (χ3v) is 5.34. The van der Waals surface area contributed by atoms with Crippen LogP contribution in [0.4, 0.5) is 4.39 Å². The lowest BCUT2D eigenvalue weighted by atomic mass is 10.0. The van der Waals surface area contributed by atoms with E-state index in [0.29, 0.717) is 5.56 Å². The molecule has 30 heavy (non-hydrogen) atoms. The summed E-state index contributed by atoms with van der Waals surface area (Å²) in [7, 11) is 1.92. The third kappa shape index (κ3) is 4.19. The number of rotatable bonds is 5. The molecule has 0 radical (unpaired) electrons. The molecule has 0 fully saturated rings. The zero-order valence-corrected chi connectivity index (χ0v) is 17.6. The van der Waals surface area contributed by atoms with Gasteiger partial charge in [-0.1, -0.05) is 18.2 Å². The van der Waals surface area contributed by atoms with E-state index in [1.807, 2.05) is 38.5 Å². The van der Waals surface area contributed by atoms with Crippen LogP contribution in [0.3, 0.4) is 0 Å². The van der Waals surface area contributed by atoms with Crippen LogP contribution in [0.25, 0.3) is 16.8 Å². The molecule has 0 aliphatic carbocycles. The van der Waals surface area contributed by atoms with E-state index in [1.54, 1.807) is 23.9 Å². The summed E-state index contributed by atoms with van der Waals surface area (Å²) in [5.41, 5.74) is 5.82. The Morgan fingerprint density at radius 2 is 1.97 bits per heavy atom. The maximum atomic E-state index is 13.7. The third-order valence-electron chi connectivity index (χ3n) is 5.34. The molecule has 0 saturated heterocycles. The Morgan fingerprint density at radius 1 is 1.13 bits per heavy atom. The highest BCUT2D eigenvalue weighted by Gasteiger charge is 2.28. The number of hydrogen-bond donors (Lipinski definition) is 2. The number of aryl methyl sites for hydroxylation is 2. The first-order valence-electron chi connectivity index (χ1n) is 10.00. The second kappa shape index (κ2) is 7.88. The van der Waals surface area contributed by atoms with Crippen LogP contribution in [-0.4, -0.2) is 21.8 Å². The molecular weight excluding hydrogens is 377 g/mol. The van der Waals surface area contributed by atoms with Gasteiger partial charge >= 0.3 is 0 Å². The molecule has 1 aliphatic rings. The monoisotopic (exact) mass is 403 g/mol. The number of nitrogens with one attached hydrogen (secondary N) is 2. The number of benzene rings is 2. The summed E-state index contributed by atoms with van der Waals surface area (Å²) in [5, 5.41) is 11.3. The van der Waals surface area contributed by atoms with Crippen molar-refractivity contribution in [3.8, 4) is 11.1 Å². The Kier molecular flexibility index (Phi) is 5.26. The molecule has 6 heteroatoms. The lowest BCUT2D eigenvalue weighted by Gasteiger charge is -2.35. The topological polar surface area (TPSA) is 54.2 Å². The van der Waals surface area contributed by atoms with Crippen LogP contribution in [0.2, 0.25) is 0 Å².